The van der Waals surface area contributed by atoms with Gasteiger partial charge in [-0.05, 0) is 37.6 Å². The van der Waals surface area contributed by atoms with E-state index in [-0.39, 0.29) is 0 Å². The van der Waals surface area contributed by atoms with E-state index in [1.54, 1.807) is 6.20 Å². The first kappa shape index (κ1) is 14.0. The number of hydrogen-bond donors (Lipinski definition) is 2. The molecule has 0 radical (unpaired) electrons. The van der Waals surface area contributed by atoms with E-state index in [0.29, 0.717) is 11.8 Å². The van der Waals surface area contributed by atoms with Crippen LogP contribution in [0.4, 0.5) is 23.1 Å². The molecule has 0 fully saturated rings. The van der Waals surface area contributed by atoms with E-state index in [9.17, 15) is 0 Å². The average molecular weight is 291 g/mol. The summed E-state index contributed by atoms with van der Waals surface area (Å²) in [6.07, 6.45) is 1.60. The third kappa shape index (κ3) is 3.38. The molecule has 2 N–H and O–H groups in total. The number of benzene rings is 2. The zero-order valence-electron chi connectivity index (χ0n) is 12.5. The predicted molar refractivity (Wildman–Crippen MR) is 88.8 cm³/mol. The molecule has 0 saturated heterocycles. The first-order valence-corrected chi connectivity index (χ1v) is 7.07. The summed E-state index contributed by atoms with van der Waals surface area (Å²) in [7, 11) is 0. The maximum atomic E-state index is 4.43. The van der Waals surface area contributed by atoms with Crippen LogP contribution in [0.5, 0.6) is 0 Å². The summed E-state index contributed by atoms with van der Waals surface area (Å²) in [5.74, 6) is 1.11. The van der Waals surface area contributed by atoms with Gasteiger partial charge >= 0.3 is 0 Å². The van der Waals surface area contributed by atoms with Gasteiger partial charge < -0.3 is 10.6 Å². The number of aromatic nitrogens is 3. The van der Waals surface area contributed by atoms with Crippen LogP contribution in [0, 0.1) is 13.8 Å². The Bertz CT molecular complexity index is 768. The summed E-state index contributed by atoms with van der Waals surface area (Å²) in [5, 5.41) is 14.4. The van der Waals surface area contributed by atoms with E-state index in [1.165, 1.54) is 5.56 Å². The molecule has 0 bridgehead atoms. The van der Waals surface area contributed by atoms with E-state index in [2.05, 4.69) is 32.7 Å². The van der Waals surface area contributed by atoms with Crippen LogP contribution in [0.25, 0.3) is 0 Å². The second kappa shape index (κ2) is 6.22. The molecule has 0 amide bonds. The molecule has 0 aliphatic rings. The largest absolute Gasteiger partial charge is 0.339 e. The van der Waals surface area contributed by atoms with Crippen molar-refractivity contribution < 1.29 is 0 Å². The van der Waals surface area contributed by atoms with Crippen molar-refractivity contribution in [2.45, 2.75) is 13.8 Å². The number of anilines is 4. The molecule has 3 aromatic rings. The highest BCUT2D eigenvalue weighted by Gasteiger charge is 2.03. The normalized spacial score (nSPS) is 10.3. The summed E-state index contributed by atoms with van der Waals surface area (Å²) in [4.78, 5) is 4.43. The highest BCUT2D eigenvalue weighted by atomic mass is 15.3. The molecule has 0 aliphatic carbocycles. The number of hydrogen-bond acceptors (Lipinski definition) is 5. The molecule has 1 aromatic heterocycles. The third-order valence-corrected chi connectivity index (χ3v) is 3.27. The number of para-hydroxylation sites is 1. The van der Waals surface area contributed by atoms with Gasteiger partial charge in [-0.25, -0.2) is 0 Å². The van der Waals surface area contributed by atoms with Gasteiger partial charge in [-0.15, -0.1) is 5.10 Å². The van der Waals surface area contributed by atoms with Crippen LogP contribution in [0.2, 0.25) is 0 Å². The fourth-order valence-electron chi connectivity index (χ4n) is 2.04. The van der Waals surface area contributed by atoms with Crippen LogP contribution in [0.1, 0.15) is 11.1 Å². The molecule has 2 aromatic carbocycles. The lowest BCUT2D eigenvalue weighted by molar-refractivity contribution is 0.982. The van der Waals surface area contributed by atoms with Gasteiger partial charge in [0.05, 0.1) is 6.20 Å². The molecular weight excluding hydrogens is 274 g/mol. The first-order valence-electron chi connectivity index (χ1n) is 7.07. The lowest BCUT2D eigenvalue weighted by Gasteiger charge is -2.09. The number of aryl methyl sites for hydroxylation is 2. The number of nitrogens with one attached hydrogen (secondary N) is 2. The van der Waals surface area contributed by atoms with E-state index in [4.69, 9.17) is 0 Å². The smallest absolute Gasteiger partial charge is 0.249 e. The maximum Gasteiger partial charge on any atom is 0.249 e. The Balaban J connectivity index is 1.78. The quantitative estimate of drug-likeness (QED) is 0.761. The van der Waals surface area contributed by atoms with Crippen molar-refractivity contribution in [3.63, 3.8) is 0 Å². The van der Waals surface area contributed by atoms with Crippen LogP contribution >= 0.6 is 0 Å². The topological polar surface area (TPSA) is 62.7 Å². The molecule has 1 heterocycles. The van der Waals surface area contributed by atoms with E-state index in [1.807, 2.05) is 55.5 Å². The summed E-state index contributed by atoms with van der Waals surface area (Å²) in [5.41, 5.74) is 4.28. The SMILES string of the molecule is Cc1ccc(Nc2cnnc(Nc3ccccc3C)n2)cc1. The standard InChI is InChI=1S/C17H17N5/c1-12-7-9-14(10-8-12)19-16-11-18-22-17(21-16)20-15-6-4-3-5-13(15)2/h3-11H,1-2H3,(H2,19,20,21,22). The molecule has 0 unspecified atom stereocenters. The fraction of sp³-hybridized carbons (Fsp3) is 0.118. The first-order chi connectivity index (χ1) is 10.7. The third-order valence-electron chi connectivity index (χ3n) is 3.27. The number of rotatable bonds is 4. The van der Waals surface area contributed by atoms with Crippen LogP contribution in [0.15, 0.2) is 54.7 Å². The Morgan fingerprint density at radius 3 is 2.41 bits per heavy atom. The summed E-state index contributed by atoms with van der Waals surface area (Å²) < 4.78 is 0. The van der Waals surface area contributed by atoms with E-state index < -0.39 is 0 Å². The minimum absolute atomic E-state index is 0.464. The van der Waals surface area contributed by atoms with Gasteiger partial charge in [-0.3, -0.25) is 0 Å². The van der Waals surface area contributed by atoms with Crippen molar-refractivity contribution in [1.29, 1.82) is 0 Å². The van der Waals surface area contributed by atoms with E-state index in [0.717, 1.165) is 16.9 Å². The second-order valence-corrected chi connectivity index (χ2v) is 5.10. The van der Waals surface area contributed by atoms with Crippen LogP contribution in [0.3, 0.4) is 0 Å². The highest BCUT2D eigenvalue weighted by Crippen LogP contribution is 2.19. The Labute approximate surface area is 129 Å². The molecule has 0 atom stereocenters. The molecule has 22 heavy (non-hydrogen) atoms. The molecule has 5 nitrogen and oxygen atoms in total. The van der Waals surface area contributed by atoms with Crippen LogP contribution < -0.4 is 10.6 Å². The lowest BCUT2D eigenvalue weighted by atomic mass is 10.2. The van der Waals surface area contributed by atoms with Gasteiger partial charge in [0, 0.05) is 11.4 Å². The van der Waals surface area contributed by atoms with Crippen LogP contribution in [-0.2, 0) is 0 Å². The van der Waals surface area contributed by atoms with Gasteiger partial charge in [-0.2, -0.15) is 10.1 Å². The molecule has 0 aliphatic heterocycles. The summed E-state index contributed by atoms with van der Waals surface area (Å²) in [6.45, 7) is 4.09. The minimum Gasteiger partial charge on any atom is -0.339 e. The van der Waals surface area contributed by atoms with Gasteiger partial charge in [0.15, 0.2) is 5.82 Å². The zero-order valence-corrected chi connectivity index (χ0v) is 12.5. The van der Waals surface area contributed by atoms with E-state index >= 15 is 0 Å². The van der Waals surface area contributed by atoms with Crippen molar-refractivity contribution in [3.05, 3.63) is 65.9 Å². The van der Waals surface area contributed by atoms with Crippen molar-refractivity contribution in [2.24, 2.45) is 0 Å². The molecule has 110 valence electrons. The average Bonchev–Trinajstić information content (AvgIpc) is 2.52. The summed E-state index contributed by atoms with van der Waals surface area (Å²) >= 11 is 0. The van der Waals surface area contributed by atoms with Gasteiger partial charge in [0.2, 0.25) is 5.95 Å². The molecular formula is C17H17N5. The fourth-order valence-corrected chi connectivity index (χ4v) is 2.04. The van der Waals surface area contributed by atoms with Crippen molar-refractivity contribution >= 4 is 23.1 Å². The highest BCUT2D eigenvalue weighted by molar-refractivity contribution is 5.60. The molecule has 0 saturated carbocycles. The van der Waals surface area contributed by atoms with Crippen molar-refractivity contribution in [3.8, 4) is 0 Å². The van der Waals surface area contributed by atoms with Gasteiger partial charge in [-0.1, -0.05) is 35.9 Å². The number of nitrogens with zero attached hydrogens (tertiary/aromatic N) is 3. The maximum absolute atomic E-state index is 4.43. The Hall–Kier alpha value is -2.95. The second-order valence-electron chi connectivity index (χ2n) is 5.10. The van der Waals surface area contributed by atoms with Gasteiger partial charge in [0.25, 0.3) is 0 Å². The Kier molecular flexibility index (Phi) is 3.96. The molecule has 3 rings (SSSR count). The molecule has 0 spiro atoms. The zero-order chi connectivity index (χ0) is 15.4. The van der Waals surface area contributed by atoms with Crippen molar-refractivity contribution in [2.75, 3.05) is 10.6 Å². The molecule has 5 heteroatoms. The lowest BCUT2D eigenvalue weighted by Crippen LogP contribution is -2.03. The van der Waals surface area contributed by atoms with Crippen molar-refractivity contribution in [1.82, 2.24) is 15.2 Å². The monoisotopic (exact) mass is 291 g/mol. The van der Waals surface area contributed by atoms with Gasteiger partial charge in [0.1, 0.15) is 0 Å². The Morgan fingerprint density at radius 2 is 1.64 bits per heavy atom. The van der Waals surface area contributed by atoms with Crippen LogP contribution in [-0.4, -0.2) is 15.2 Å². The summed E-state index contributed by atoms with van der Waals surface area (Å²) in [6, 6.07) is 16.1. The Morgan fingerprint density at radius 1 is 0.864 bits per heavy atom. The predicted octanol–water partition coefficient (Wildman–Crippen LogP) is 3.98. The minimum atomic E-state index is 0.464.